The molecule has 0 bridgehead atoms. The van der Waals surface area contributed by atoms with Crippen LogP contribution in [0.4, 0.5) is 19.0 Å². The Kier molecular flexibility index (Phi) is 5.32. The molecule has 0 N–H and O–H groups in total. The van der Waals surface area contributed by atoms with E-state index in [0.29, 0.717) is 17.2 Å². The standard InChI is InChI=1S/C24H23F3N4S/c25-24(26,27)12-19-10-20-21(29-15-30-22(20)32-19)31-13-23(14-31)7-5-18(11-23)9-17-3-1-16(2-4-17)6-8-28/h1-4,10,15,18H,5-7,9,11-14H2. The molecule has 166 valence electrons. The molecule has 2 aliphatic rings. The molecule has 2 aromatic heterocycles. The van der Waals surface area contributed by atoms with Crippen LogP contribution in [-0.4, -0.2) is 29.2 Å². The molecule has 0 amide bonds. The van der Waals surface area contributed by atoms with Crippen molar-refractivity contribution in [1.82, 2.24) is 9.97 Å². The Morgan fingerprint density at radius 3 is 2.62 bits per heavy atom. The zero-order valence-electron chi connectivity index (χ0n) is 17.5. The first-order chi connectivity index (χ1) is 15.3. The van der Waals surface area contributed by atoms with Crippen LogP contribution in [0.5, 0.6) is 0 Å². The van der Waals surface area contributed by atoms with Crippen LogP contribution in [0.15, 0.2) is 36.7 Å². The second-order valence-electron chi connectivity index (χ2n) is 9.24. The molecule has 4 nitrogen and oxygen atoms in total. The number of halogens is 3. The van der Waals surface area contributed by atoms with Crippen LogP contribution in [0, 0.1) is 22.7 Å². The third-order valence-electron chi connectivity index (χ3n) is 6.72. The molecule has 1 spiro atoms. The number of aromatic nitrogens is 2. The highest BCUT2D eigenvalue weighted by molar-refractivity contribution is 7.18. The number of thiophene rings is 1. The van der Waals surface area contributed by atoms with Crippen molar-refractivity contribution in [2.24, 2.45) is 11.3 Å². The molecular formula is C24H23F3N4S. The molecule has 1 saturated carbocycles. The minimum atomic E-state index is -4.22. The molecule has 1 unspecified atom stereocenters. The smallest absolute Gasteiger partial charge is 0.355 e. The van der Waals surface area contributed by atoms with Gasteiger partial charge >= 0.3 is 6.18 Å². The van der Waals surface area contributed by atoms with Crippen molar-refractivity contribution < 1.29 is 13.2 Å². The summed E-state index contributed by atoms with van der Waals surface area (Å²) in [7, 11) is 0. The molecule has 1 aliphatic heterocycles. The molecule has 3 heterocycles. The van der Waals surface area contributed by atoms with Gasteiger partial charge in [-0.15, -0.1) is 11.3 Å². The Hall–Kier alpha value is -2.66. The summed E-state index contributed by atoms with van der Waals surface area (Å²) in [5.74, 6) is 1.41. The lowest BCUT2D eigenvalue weighted by molar-refractivity contribution is -0.126. The van der Waals surface area contributed by atoms with Gasteiger partial charge in [-0.3, -0.25) is 0 Å². The SMILES string of the molecule is N#CCc1ccc(CC2CCC3(C2)CN(c2ncnc4sc(CC(F)(F)F)cc24)C3)cc1. The Morgan fingerprint density at radius 2 is 1.91 bits per heavy atom. The van der Waals surface area contributed by atoms with E-state index in [1.807, 2.05) is 12.1 Å². The molecule has 2 fully saturated rings. The maximum absolute atomic E-state index is 12.8. The molecule has 8 heteroatoms. The maximum atomic E-state index is 12.8. The molecule has 0 radical (unpaired) electrons. The maximum Gasteiger partial charge on any atom is 0.393 e. The van der Waals surface area contributed by atoms with Crippen LogP contribution in [0.3, 0.4) is 0 Å². The van der Waals surface area contributed by atoms with Crippen molar-refractivity contribution >= 4 is 27.4 Å². The van der Waals surface area contributed by atoms with Gasteiger partial charge in [-0.05, 0) is 48.8 Å². The minimum Gasteiger partial charge on any atom is -0.355 e. The lowest BCUT2D eigenvalue weighted by Crippen LogP contribution is -2.55. The zero-order chi connectivity index (χ0) is 22.3. The minimum absolute atomic E-state index is 0.284. The van der Waals surface area contributed by atoms with Crippen LogP contribution in [-0.2, 0) is 19.3 Å². The first-order valence-electron chi connectivity index (χ1n) is 10.8. The van der Waals surface area contributed by atoms with E-state index in [1.54, 1.807) is 6.07 Å². The number of alkyl halides is 3. The van der Waals surface area contributed by atoms with Crippen LogP contribution in [0.25, 0.3) is 10.2 Å². The van der Waals surface area contributed by atoms with Gasteiger partial charge in [0.05, 0.1) is 24.3 Å². The number of anilines is 1. The fourth-order valence-corrected chi connectivity index (χ4v) is 6.37. The van der Waals surface area contributed by atoms with Gasteiger partial charge in [-0.1, -0.05) is 24.3 Å². The molecule has 32 heavy (non-hydrogen) atoms. The number of rotatable bonds is 5. The monoisotopic (exact) mass is 456 g/mol. The van der Waals surface area contributed by atoms with E-state index in [-0.39, 0.29) is 10.3 Å². The summed E-state index contributed by atoms with van der Waals surface area (Å²) in [6.07, 6.45) is 1.36. The lowest BCUT2D eigenvalue weighted by Gasteiger charge is -2.49. The summed E-state index contributed by atoms with van der Waals surface area (Å²) < 4.78 is 38.4. The third kappa shape index (κ3) is 4.31. The zero-order valence-corrected chi connectivity index (χ0v) is 18.3. The van der Waals surface area contributed by atoms with Crippen molar-refractivity contribution in [2.45, 2.75) is 44.7 Å². The average molecular weight is 457 g/mol. The van der Waals surface area contributed by atoms with Crippen molar-refractivity contribution in [3.05, 3.63) is 52.7 Å². The van der Waals surface area contributed by atoms with E-state index in [1.165, 1.54) is 31.2 Å². The first-order valence-corrected chi connectivity index (χ1v) is 11.6. The highest BCUT2D eigenvalue weighted by atomic mass is 32.1. The predicted octanol–water partition coefficient (Wildman–Crippen LogP) is 5.71. The van der Waals surface area contributed by atoms with E-state index in [4.69, 9.17) is 5.26 Å². The predicted molar refractivity (Wildman–Crippen MR) is 119 cm³/mol. The van der Waals surface area contributed by atoms with E-state index >= 15 is 0 Å². The number of fused-ring (bicyclic) bond motifs is 1. The first kappa shape index (κ1) is 21.2. The van der Waals surface area contributed by atoms with Gasteiger partial charge in [0.2, 0.25) is 0 Å². The fraction of sp³-hybridized carbons (Fsp3) is 0.458. The molecular weight excluding hydrogens is 433 g/mol. The molecule has 3 aromatic rings. The molecule has 1 saturated heterocycles. The summed E-state index contributed by atoms with van der Waals surface area (Å²) in [5.41, 5.74) is 2.66. The summed E-state index contributed by atoms with van der Waals surface area (Å²) in [6, 6.07) is 12.2. The largest absolute Gasteiger partial charge is 0.393 e. The second kappa shape index (κ2) is 8.04. The number of hydrogen-bond donors (Lipinski definition) is 0. The van der Waals surface area contributed by atoms with Gasteiger partial charge in [0.1, 0.15) is 17.0 Å². The van der Waals surface area contributed by atoms with Gasteiger partial charge in [0.15, 0.2) is 0 Å². The Bertz CT molecular complexity index is 1160. The number of nitrogens with zero attached hydrogens (tertiary/aromatic N) is 4. The highest BCUT2D eigenvalue weighted by Crippen LogP contribution is 2.51. The van der Waals surface area contributed by atoms with Gasteiger partial charge in [-0.2, -0.15) is 18.4 Å². The summed E-state index contributed by atoms with van der Waals surface area (Å²) >= 11 is 1.10. The van der Waals surface area contributed by atoms with Gasteiger partial charge in [0.25, 0.3) is 0 Å². The number of hydrogen-bond acceptors (Lipinski definition) is 5. The van der Waals surface area contributed by atoms with Crippen LogP contribution >= 0.6 is 11.3 Å². The summed E-state index contributed by atoms with van der Waals surface area (Å²) in [4.78, 5) is 11.7. The molecule has 5 rings (SSSR count). The number of benzene rings is 1. The van der Waals surface area contributed by atoms with Crippen molar-refractivity contribution in [3.63, 3.8) is 0 Å². The Labute approximate surface area is 188 Å². The summed E-state index contributed by atoms with van der Waals surface area (Å²) in [6.45, 7) is 1.81. The Morgan fingerprint density at radius 1 is 1.16 bits per heavy atom. The molecule has 1 aliphatic carbocycles. The highest BCUT2D eigenvalue weighted by Gasteiger charge is 2.48. The Balaban J connectivity index is 1.23. The van der Waals surface area contributed by atoms with Crippen LogP contribution < -0.4 is 4.90 Å². The lowest BCUT2D eigenvalue weighted by atomic mass is 9.77. The van der Waals surface area contributed by atoms with Crippen molar-refractivity contribution in [3.8, 4) is 6.07 Å². The van der Waals surface area contributed by atoms with Crippen LogP contribution in [0.1, 0.15) is 35.3 Å². The quantitative estimate of drug-likeness (QED) is 0.493. The number of nitriles is 1. The van der Waals surface area contributed by atoms with Gasteiger partial charge in [-0.25, -0.2) is 9.97 Å². The van der Waals surface area contributed by atoms with E-state index < -0.39 is 12.6 Å². The van der Waals surface area contributed by atoms with E-state index in [0.717, 1.165) is 47.6 Å². The van der Waals surface area contributed by atoms with Gasteiger partial charge < -0.3 is 4.90 Å². The third-order valence-corrected chi connectivity index (χ3v) is 7.76. The average Bonchev–Trinajstić information content (AvgIpc) is 3.31. The summed E-state index contributed by atoms with van der Waals surface area (Å²) in [5, 5.41) is 9.55. The van der Waals surface area contributed by atoms with Crippen LogP contribution in [0.2, 0.25) is 0 Å². The van der Waals surface area contributed by atoms with Gasteiger partial charge in [0, 0.05) is 23.4 Å². The normalized spacial score (nSPS) is 19.9. The van der Waals surface area contributed by atoms with E-state index in [9.17, 15) is 13.2 Å². The fourth-order valence-electron chi connectivity index (χ4n) is 5.35. The molecule has 1 aromatic carbocycles. The topological polar surface area (TPSA) is 52.8 Å². The van der Waals surface area contributed by atoms with E-state index in [2.05, 4.69) is 33.1 Å². The molecule has 1 atom stereocenters. The van der Waals surface area contributed by atoms with Crippen molar-refractivity contribution in [1.29, 1.82) is 5.26 Å². The second-order valence-corrected chi connectivity index (χ2v) is 10.4. The van der Waals surface area contributed by atoms with Crippen molar-refractivity contribution in [2.75, 3.05) is 18.0 Å².